The lowest BCUT2D eigenvalue weighted by Gasteiger charge is -2.08. The topological polar surface area (TPSA) is 58.9 Å². The second-order valence-electron chi connectivity index (χ2n) is 5.65. The van der Waals surface area contributed by atoms with Gasteiger partial charge in [-0.3, -0.25) is 0 Å². The molecule has 4 heteroatoms. The number of hydrogen-bond donors (Lipinski definition) is 1. The van der Waals surface area contributed by atoms with Crippen molar-refractivity contribution in [3.8, 4) is 11.1 Å². The van der Waals surface area contributed by atoms with Gasteiger partial charge in [0, 0.05) is 17.0 Å². The molecule has 2 heterocycles. The van der Waals surface area contributed by atoms with E-state index in [9.17, 15) is 0 Å². The molecule has 0 aliphatic heterocycles. The summed E-state index contributed by atoms with van der Waals surface area (Å²) < 4.78 is 11.5. The first kappa shape index (κ1) is 13.6. The number of aryl methyl sites for hydroxylation is 2. The van der Waals surface area contributed by atoms with Gasteiger partial charge in [-0.25, -0.2) is 0 Å². The summed E-state index contributed by atoms with van der Waals surface area (Å²) in [6.45, 7) is 4.05. The van der Waals surface area contributed by atoms with Crippen molar-refractivity contribution < 1.29 is 14.0 Å². The molecular formula is C19H15NO3. The number of rotatable bonds is 1. The van der Waals surface area contributed by atoms with Crippen LogP contribution in [0.5, 0.6) is 0 Å². The van der Waals surface area contributed by atoms with Gasteiger partial charge in [0.15, 0.2) is 0 Å². The van der Waals surface area contributed by atoms with Crippen LogP contribution in [0.4, 0.5) is 0 Å². The van der Waals surface area contributed by atoms with E-state index in [-0.39, 0.29) is 5.55 Å². The van der Waals surface area contributed by atoms with Gasteiger partial charge in [-0.15, -0.1) is 0 Å². The largest absolute Gasteiger partial charge is 0.463 e. The molecule has 0 radical (unpaired) electrons. The fourth-order valence-electron chi connectivity index (χ4n) is 3.14. The van der Waals surface area contributed by atoms with Crippen LogP contribution >= 0.6 is 0 Å². The van der Waals surface area contributed by atoms with E-state index in [1.165, 1.54) is 0 Å². The predicted molar refractivity (Wildman–Crippen MR) is 88.2 cm³/mol. The van der Waals surface area contributed by atoms with Crippen molar-refractivity contribution in [3.63, 3.8) is 0 Å². The molecule has 0 aliphatic carbocycles. The Morgan fingerprint density at radius 3 is 2.48 bits per heavy atom. The summed E-state index contributed by atoms with van der Waals surface area (Å²) in [5, 5.41) is 14.4. The maximum absolute atomic E-state index is 9.16. The van der Waals surface area contributed by atoms with E-state index >= 15 is 0 Å². The maximum Gasteiger partial charge on any atom is 0.256 e. The Balaban J connectivity index is 2.26. The second kappa shape index (κ2) is 5.02. The third-order valence-electron chi connectivity index (χ3n) is 4.13. The van der Waals surface area contributed by atoms with Gasteiger partial charge in [0.1, 0.15) is 11.2 Å². The van der Waals surface area contributed by atoms with E-state index in [0.717, 1.165) is 38.6 Å². The van der Waals surface area contributed by atoms with E-state index in [0.29, 0.717) is 5.58 Å². The fourth-order valence-corrected chi connectivity index (χ4v) is 3.14. The van der Waals surface area contributed by atoms with Crippen LogP contribution in [-0.2, 0) is 0 Å². The SMILES string of the molecule is Cc1coc2c1c(C)cc1o/c(=N/O)cc(-c3ccccc3)c12. The van der Waals surface area contributed by atoms with Crippen LogP contribution < -0.4 is 5.55 Å². The molecule has 2 aromatic heterocycles. The highest BCUT2D eigenvalue weighted by Gasteiger charge is 2.16. The van der Waals surface area contributed by atoms with Gasteiger partial charge in [0.05, 0.1) is 11.6 Å². The van der Waals surface area contributed by atoms with E-state index < -0.39 is 0 Å². The van der Waals surface area contributed by atoms with Gasteiger partial charge < -0.3 is 14.0 Å². The van der Waals surface area contributed by atoms with Crippen LogP contribution in [0, 0.1) is 13.8 Å². The number of nitrogens with zero attached hydrogens (tertiary/aromatic N) is 1. The molecule has 0 saturated heterocycles. The molecular weight excluding hydrogens is 290 g/mol. The predicted octanol–water partition coefficient (Wildman–Crippen LogP) is 4.75. The summed E-state index contributed by atoms with van der Waals surface area (Å²) in [6.07, 6.45) is 1.76. The Morgan fingerprint density at radius 1 is 0.957 bits per heavy atom. The van der Waals surface area contributed by atoms with Crippen LogP contribution in [0.15, 0.2) is 62.7 Å². The van der Waals surface area contributed by atoms with Crippen molar-refractivity contribution in [2.24, 2.45) is 5.16 Å². The first-order chi connectivity index (χ1) is 11.2. The number of hydrogen-bond acceptors (Lipinski definition) is 4. The van der Waals surface area contributed by atoms with Crippen LogP contribution in [0.3, 0.4) is 0 Å². The Bertz CT molecular complexity index is 1090. The molecule has 1 N–H and O–H groups in total. The van der Waals surface area contributed by atoms with Crippen molar-refractivity contribution in [1.29, 1.82) is 0 Å². The van der Waals surface area contributed by atoms with Crippen LogP contribution in [0.25, 0.3) is 33.1 Å². The van der Waals surface area contributed by atoms with Crippen molar-refractivity contribution in [2.45, 2.75) is 13.8 Å². The Kier molecular flexibility index (Phi) is 2.98. The molecule has 0 unspecified atom stereocenters. The van der Waals surface area contributed by atoms with Gasteiger partial charge in [0.25, 0.3) is 5.55 Å². The van der Waals surface area contributed by atoms with Crippen LogP contribution in [-0.4, -0.2) is 5.21 Å². The summed E-state index contributed by atoms with van der Waals surface area (Å²) >= 11 is 0. The molecule has 0 saturated carbocycles. The second-order valence-corrected chi connectivity index (χ2v) is 5.65. The summed E-state index contributed by atoms with van der Waals surface area (Å²) in [6, 6.07) is 13.6. The van der Waals surface area contributed by atoms with Crippen molar-refractivity contribution in [3.05, 3.63) is 65.4 Å². The smallest absolute Gasteiger partial charge is 0.256 e. The molecule has 4 aromatic rings. The molecule has 2 aromatic carbocycles. The van der Waals surface area contributed by atoms with Crippen molar-refractivity contribution in [2.75, 3.05) is 0 Å². The third-order valence-corrected chi connectivity index (χ3v) is 4.13. The third kappa shape index (κ3) is 2.03. The zero-order chi connectivity index (χ0) is 16.0. The van der Waals surface area contributed by atoms with Crippen LogP contribution in [0.1, 0.15) is 11.1 Å². The fraction of sp³-hybridized carbons (Fsp3) is 0.105. The molecule has 0 spiro atoms. The first-order valence-electron chi connectivity index (χ1n) is 7.38. The average Bonchev–Trinajstić information content (AvgIpc) is 2.97. The van der Waals surface area contributed by atoms with E-state index in [2.05, 4.69) is 5.16 Å². The van der Waals surface area contributed by atoms with Gasteiger partial charge in [0.2, 0.25) is 0 Å². The minimum absolute atomic E-state index is 0.165. The Morgan fingerprint density at radius 2 is 1.74 bits per heavy atom. The molecule has 0 amide bonds. The van der Waals surface area contributed by atoms with E-state index in [1.54, 1.807) is 12.3 Å². The highest BCUT2D eigenvalue weighted by atomic mass is 16.5. The molecule has 114 valence electrons. The minimum Gasteiger partial charge on any atom is -0.463 e. The van der Waals surface area contributed by atoms with Gasteiger partial charge >= 0.3 is 0 Å². The summed E-state index contributed by atoms with van der Waals surface area (Å²) in [5.74, 6) is 0. The number of benzene rings is 2. The molecule has 4 rings (SSSR count). The van der Waals surface area contributed by atoms with Gasteiger partial charge in [-0.05, 0) is 41.8 Å². The summed E-state index contributed by atoms with van der Waals surface area (Å²) in [5.41, 5.74) is 5.68. The van der Waals surface area contributed by atoms with Gasteiger partial charge in [-0.1, -0.05) is 30.3 Å². The molecule has 4 nitrogen and oxygen atoms in total. The monoisotopic (exact) mass is 305 g/mol. The standard InChI is InChI=1S/C19H15NO3/c1-11-8-15-18(19-17(11)12(2)10-22-19)14(9-16(20-21)23-15)13-6-4-3-5-7-13/h3-10,21H,1-2H3/b20-16+. The number of furan rings is 1. The molecule has 0 aliphatic rings. The van der Waals surface area contributed by atoms with Gasteiger partial charge in [-0.2, -0.15) is 0 Å². The summed E-state index contributed by atoms with van der Waals surface area (Å²) in [7, 11) is 0. The lowest BCUT2D eigenvalue weighted by atomic mass is 9.98. The number of fused-ring (bicyclic) bond motifs is 3. The maximum atomic E-state index is 9.16. The van der Waals surface area contributed by atoms with Crippen LogP contribution in [0.2, 0.25) is 0 Å². The van der Waals surface area contributed by atoms with Crippen molar-refractivity contribution in [1.82, 2.24) is 0 Å². The lowest BCUT2D eigenvalue weighted by molar-refractivity contribution is 0.277. The zero-order valence-corrected chi connectivity index (χ0v) is 12.8. The van der Waals surface area contributed by atoms with E-state index in [4.69, 9.17) is 14.0 Å². The Labute approximate surface area is 132 Å². The highest BCUT2D eigenvalue weighted by molar-refractivity contribution is 6.11. The summed E-state index contributed by atoms with van der Waals surface area (Å²) in [4.78, 5) is 0. The molecule has 0 bridgehead atoms. The Hall–Kier alpha value is -3.01. The highest BCUT2D eigenvalue weighted by Crippen LogP contribution is 2.37. The first-order valence-corrected chi connectivity index (χ1v) is 7.38. The van der Waals surface area contributed by atoms with E-state index in [1.807, 2.05) is 50.2 Å². The molecule has 23 heavy (non-hydrogen) atoms. The quantitative estimate of drug-likeness (QED) is 0.407. The average molecular weight is 305 g/mol. The lowest BCUT2D eigenvalue weighted by Crippen LogP contribution is -2.01. The zero-order valence-electron chi connectivity index (χ0n) is 12.8. The molecule has 0 fully saturated rings. The normalized spacial score (nSPS) is 12.3. The molecule has 0 atom stereocenters. The van der Waals surface area contributed by atoms with Crippen molar-refractivity contribution >= 4 is 21.9 Å². The minimum atomic E-state index is 0.165.